The molecule has 1 rings (SSSR count). The van der Waals surface area contributed by atoms with Crippen molar-refractivity contribution in [3.05, 3.63) is 29.6 Å². The molecule has 0 aliphatic heterocycles. The molecule has 2 amide bonds. The van der Waals surface area contributed by atoms with Gasteiger partial charge >= 0.3 is 12.2 Å². The lowest BCUT2D eigenvalue weighted by Crippen LogP contribution is -2.33. The monoisotopic (exact) mass is 367 g/mol. The molecule has 1 aromatic rings. The Hall–Kier alpha value is -2.39. The summed E-state index contributed by atoms with van der Waals surface area (Å²) in [4.78, 5) is 30.9. The molecule has 0 saturated carbocycles. The predicted octanol–water partition coefficient (Wildman–Crippen LogP) is 0.657. The number of ether oxygens (including phenoxy) is 2. The van der Waals surface area contributed by atoms with Crippen LogP contribution in [0.3, 0.4) is 0 Å². The Kier molecular flexibility index (Phi) is 10.0. The van der Waals surface area contributed by atoms with Gasteiger partial charge in [-0.1, -0.05) is 6.07 Å². The number of hydrogen-bond donors (Lipinski definition) is 2. The van der Waals surface area contributed by atoms with Crippen molar-refractivity contribution in [2.75, 3.05) is 54.5 Å². The van der Waals surface area contributed by atoms with E-state index in [-0.39, 0.29) is 0 Å². The molecule has 0 aromatic carbocycles. The summed E-state index contributed by atoms with van der Waals surface area (Å²) >= 11 is 0. The highest BCUT2D eigenvalue weighted by molar-refractivity contribution is 5.67. The van der Waals surface area contributed by atoms with Crippen LogP contribution in [0.2, 0.25) is 0 Å². The average molecular weight is 367 g/mol. The number of methoxy groups -OCH3 is 2. The first-order valence-corrected chi connectivity index (χ1v) is 8.40. The van der Waals surface area contributed by atoms with E-state index in [2.05, 4.69) is 34.9 Å². The molecule has 2 N–H and O–H groups in total. The Labute approximate surface area is 154 Å². The van der Waals surface area contributed by atoms with Crippen molar-refractivity contribution in [1.82, 2.24) is 25.4 Å². The summed E-state index contributed by atoms with van der Waals surface area (Å²) in [7, 11) is 6.63. The molecule has 26 heavy (non-hydrogen) atoms. The van der Waals surface area contributed by atoms with Crippen LogP contribution in [0, 0.1) is 0 Å². The predicted molar refractivity (Wildman–Crippen MR) is 97.7 cm³/mol. The quantitative estimate of drug-likeness (QED) is 0.627. The first-order valence-electron chi connectivity index (χ1n) is 8.40. The van der Waals surface area contributed by atoms with E-state index in [1.54, 1.807) is 0 Å². The lowest BCUT2D eigenvalue weighted by molar-refractivity contribution is 0.168. The lowest BCUT2D eigenvalue weighted by Gasteiger charge is -2.18. The number of hydrogen-bond acceptors (Lipinski definition) is 7. The van der Waals surface area contributed by atoms with Crippen LogP contribution in [0.1, 0.15) is 11.4 Å². The third-order valence-electron chi connectivity index (χ3n) is 3.62. The van der Waals surface area contributed by atoms with Gasteiger partial charge in [0, 0.05) is 39.3 Å². The van der Waals surface area contributed by atoms with E-state index in [0.29, 0.717) is 39.3 Å². The number of alkyl carbamates (subject to hydrolysis) is 2. The second-order valence-corrected chi connectivity index (χ2v) is 5.93. The highest BCUT2D eigenvalue weighted by Gasteiger charge is 2.07. The number of amides is 2. The van der Waals surface area contributed by atoms with E-state index >= 15 is 0 Å². The Morgan fingerprint density at radius 3 is 1.73 bits per heavy atom. The van der Waals surface area contributed by atoms with Gasteiger partial charge in [0.2, 0.25) is 0 Å². The average Bonchev–Trinajstić information content (AvgIpc) is 2.61. The summed E-state index contributed by atoms with van der Waals surface area (Å²) < 4.78 is 9.07. The van der Waals surface area contributed by atoms with Crippen molar-refractivity contribution in [1.29, 1.82) is 0 Å². The SMILES string of the molecule is COC(=O)NCCN(C)Cc1cccc(CN(C)CCNC(=O)OC)n1. The maximum Gasteiger partial charge on any atom is 0.406 e. The van der Waals surface area contributed by atoms with Crippen LogP contribution >= 0.6 is 0 Å². The number of aromatic nitrogens is 1. The van der Waals surface area contributed by atoms with Crippen molar-refractivity contribution in [2.24, 2.45) is 0 Å². The normalized spacial score (nSPS) is 10.7. The van der Waals surface area contributed by atoms with Crippen LogP contribution < -0.4 is 10.6 Å². The fraction of sp³-hybridized carbons (Fsp3) is 0.588. The molecule has 9 heteroatoms. The van der Waals surface area contributed by atoms with Gasteiger partial charge in [0.05, 0.1) is 25.6 Å². The van der Waals surface area contributed by atoms with Gasteiger partial charge in [0.25, 0.3) is 0 Å². The minimum atomic E-state index is -0.428. The van der Waals surface area contributed by atoms with Gasteiger partial charge in [0.1, 0.15) is 0 Å². The summed E-state index contributed by atoms with van der Waals surface area (Å²) in [5.41, 5.74) is 1.92. The van der Waals surface area contributed by atoms with Crippen molar-refractivity contribution in [2.45, 2.75) is 13.1 Å². The minimum absolute atomic E-state index is 0.428. The molecular formula is C17H29N5O4. The second kappa shape index (κ2) is 12.0. The third kappa shape index (κ3) is 9.19. The first kappa shape index (κ1) is 21.7. The van der Waals surface area contributed by atoms with Crippen molar-refractivity contribution < 1.29 is 19.1 Å². The standard InChI is InChI=1S/C17H29N5O4/c1-21(10-8-18-16(23)25-3)12-14-6-5-7-15(20-14)13-22(2)11-9-19-17(24)26-4/h5-7H,8-13H2,1-4H3,(H,18,23)(H,19,24). The van der Waals surface area contributed by atoms with Crippen LogP contribution in [0.15, 0.2) is 18.2 Å². The second-order valence-electron chi connectivity index (χ2n) is 5.93. The van der Waals surface area contributed by atoms with Gasteiger partial charge in [-0.25, -0.2) is 9.59 Å². The molecule has 146 valence electrons. The van der Waals surface area contributed by atoms with E-state index in [9.17, 15) is 9.59 Å². The van der Waals surface area contributed by atoms with E-state index in [1.807, 2.05) is 32.3 Å². The summed E-state index contributed by atoms with van der Waals surface area (Å²) in [5, 5.41) is 5.30. The number of rotatable bonds is 10. The maximum atomic E-state index is 11.0. The zero-order chi connectivity index (χ0) is 19.4. The number of nitrogens with one attached hydrogen (secondary N) is 2. The summed E-state index contributed by atoms with van der Waals surface area (Å²) in [6.45, 7) is 3.78. The molecule has 9 nitrogen and oxygen atoms in total. The summed E-state index contributed by atoms with van der Waals surface area (Å²) in [6.07, 6.45) is -0.855. The van der Waals surface area contributed by atoms with Gasteiger partial charge in [-0.3, -0.25) is 14.8 Å². The van der Waals surface area contributed by atoms with Gasteiger partial charge < -0.3 is 20.1 Å². The lowest BCUT2D eigenvalue weighted by atomic mass is 10.2. The largest absolute Gasteiger partial charge is 0.453 e. The molecule has 0 aliphatic rings. The first-order chi connectivity index (χ1) is 12.4. The Morgan fingerprint density at radius 1 is 0.923 bits per heavy atom. The fourth-order valence-electron chi connectivity index (χ4n) is 2.26. The molecule has 0 aliphatic carbocycles. The Bertz CT molecular complexity index is 525. The summed E-state index contributed by atoms with van der Waals surface area (Å²) in [6, 6.07) is 5.94. The van der Waals surface area contributed by atoms with Gasteiger partial charge in [0.15, 0.2) is 0 Å². The zero-order valence-electron chi connectivity index (χ0n) is 15.9. The molecule has 0 atom stereocenters. The number of nitrogens with zero attached hydrogens (tertiary/aromatic N) is 3. The molecule has 0 bridgehead atoms. The third-order valence-corrected chi connectivity index (χ3v) is 3.62. The minimum Gasteiger partial charge on any atom is -0.453 e. The molecule has 0 radical (unpaired) electrons. The number of pyridine rings is 1. The van der Waals surface area contributed by atoms with Crippen LogP contribution in [-0.4, -0.2) is 81.5 Å². The smallest absolute Gasteiger partial charge is 0.406 e. The van der Waals surface area contributed by atoms with Crippen LogP contribution in [0.4, 0.5) is 9.59 Å². The fourth-order valence-corrected chi connectivity index (χ4v) is 2.26. The maximum absolute atomic E-state index is 11.0. The summed E-state index contributed by atoms with van der Waals surface area (Å²) in [5.74, 6) is 0. The Balaban J connectivity index is 2.39. The van der Waals surface area contributed by atoms with Crippen molar-refractivity contribution >= 4 is 12.2 Å². The van der Waals surface area contributed by atoms with Crippen molar-refractivity contribution in [3.8, 4) is 0 Å². The number of carbonyl (C=O) groups excluding carboxylic acids is 2. The van der Waals surface area contributed by atoms with Crippen LogP contribution in [-0.2, 0) is 22.6 Å². The zero-order valence-corrected chi connectivity index (χ0v) is 15.9. The van der Waals surface area contributed by atoms with Gasteiger partial charge in [-0.2, -0.15) is 0 Å². The molecule has 1 aromatic heterocycles. The Morgan fingerprint density at radius 2 is 1.35 bits per heavy atom. The van der Waals surface area contributed by atoms with Gasteiger partial charge in [-0.05, 0) is 26.2 Å². The van der Waals surface area contributed by atoms with E-state index in [1.165, 1.54) is 14.2 Å². The number of likely N-dealkylation sites (N-methyl/N-ethyl adjacent to an activating group) is 2. The molecular weight excluding hydrogens is 338 g/mol. The molecule has 0 saturated heterocycles. The van der Waals surface area contributed by atoms with Crippen molar-refractivity contribution in [3.63, 3.8) is 0 Å². The molecule has 0 spiro atoms. The van der Waals surface area contributed by atoms with E-state index in [4.69, 9.17) is 0 Å². The van der Waals surface area contributed by atoms with Crippen LogP contribution in [0.25, 0.3) is 0 Å². The topological polar surface area (TPSA) is 96.0 Å². The highest BCUT2D eigenvalue weighted by Crippen LogP contribution is 2.05. The molecule has 1 heterocycles. The van der Waals surface area contributed by atoms with E-state index in [0.717, 1.165) is 11.4 Å². The van der Waals surface area contributed by atoms with E-state index < -0.39 is 12.2 Å². The number of carbonyl (C=O) groups is 2. The highest BCUT2D eigenvalue weighted by atomic mass is 16.5. The van der Waals surface area contributed by atoms with Gasteiger partial charge in [-0.15, -0.1) is 0 Å². The van der Waals surface area contributed by atoms with Crippen LogP contribution in [0.5, 0.6) is 0 Å². The molecule has 0 unspecified atom stereocenters. The molecule has 0 fully saturated rings.